The Kier molecular flexibility index (Phi) is 7.87. The Bertz CT molecular complexity index is 462. The Morgan fingerprint density at radius 1 is 1.10 bits per heavy atom. The lowest BCUT2D eigenvalue weighted by molar-refractivity contribution is -0.137. The number of hydrogen-bond acceptors (Lipinski definition) is 4. The molecule has 0 heterocycles. The molecule has 0 bridgehead atoms. The van der Waals surface area contributed by atoms with Crippen LogP contribution in [0.3, 0.4) is 0 Å². The van der Waals surface area contributed by atoms with Crippen molar-refractivity contribution in [1.29, 1.82) is 0 Å². The Morgan fingerprint density at radius 3 is 2.43 bits per heavy atom. The zero-order valence-corrected chi connectivity index (χ0v) is 12.5. The fraction of sp³-hybridized carbons (Fsp3) is 0.412. The SMILES string of the molecule is C=CC(=O)OCCCCCCC(=O)Oc1ccc(C)cc1. The second kappa shape index (κ2) is 9.75. The van der Waals surface area contributed by atoms with E-state index in [-0.39, 0.29) is 5.97 Å². The topological polar surface area (TPSA) is 52.6 Å². The largest absolute Gasteiger partial charge is 0.463 e. The average molecular weight is 290 g/mol. The molecule has 4 heteroatoms. The molecule has 0 unspecified atom stereocenters. The van der Waals surface area contributed by atoms with Gasteiger partial charge in [-0.1, -0.05) is 37.1 Å². The lowest BCUT2D eigenvalue weighted by Gasteiger charge is -2.05. The summed E-state index contributed by atoms with van der Waals surface area (Å²) in [6, 6.07) is 7.41. The molecule has 0 amide bonds. The normalized spacial score (nSPS) is 9.95. The highest BCUT2D eigenvalue weighted by atomic mass is 16.5. The van der Waals surface area contributed by atoms with Gasteiger partial charge in [0, 0.05) is 12.5 Å². The predicted molar refractivity (Wildman–Crippen MR) is 81.1 cm³/mol. The minimum Gasteiger partial charge on any atom is -0.463 e. The summed E-state index contributed by atoms with van der Waals surface area (Å²) in [5.74, 6) is -0.0180. The van der Waals surface area contributed by atoms with Crippen LogP contribution >= 0.6 is 0 Å². The summed E-state index contributed by atoms with van der Waals surface area (Å²) in [6.45, 7) is 5.71. The number of rotatable bonds is 9. The van der Waals surface area contributed by atoms with E-state index >= 15 is 0 Å². The third-order valence-electron chi connectivity index (χ3n) is 2.94. The zero-order valence-electron chi connectivity index (χ0n) is 12.5. The van der Waals surface area contributed by atoms with Gasteiger partial charge in [0.2, 0.25) is 0 Å². The first-order chi connectivity index (χ1) is 10.1. The minimum absolute atomic E-state index is 0.211. The Balaban J connectivity index is 2.04. The molecule has 0 saturated heterocycles. The van der Waals surface area contributed by atoms with Crippen LogP contribution in [0.1, 0.15) is 37.7 Å². The standard InChI is InChI=1S/C17H22O4/c1-3-16(18)20-13-7-5-4-6-8-17(19)21-15-11-9-14(2)10-12-15/h3,9-12H,1,4-8,13H2,2H3. The van der Waals surface area contributed by atoms with Crippen LogP contribution in [0.5, 0.6) is 5.75 Å². The van der Waals surface area contributed by atoms with Gasteiger partial charge in [0.05, 0.1) is 6.61 Å². The minimum atomic E-state index is -0.392. The maximum atomic E-state index is 11.6. The van der Waals surface area contributed by atoms with Gasteiger partial charge >= 0.3 is 11.9 Å². The van der Waals surface area contributed by atoms with Crippen molar-refractivity contribution in [3.05, 3.63) is 42.5 Å². The molecule has 114 valence electrons. The zero-order chi connectivity index (χ0) is 15.5. The monoisotopic (exact) mass is 290 g/mol. The van der Waals surface area contributed by atoms with Crippen LogP contribution in [0.4, 0.5) is 0 Å². The molecule has 1 aromatic rings. The first-order valence-corrected chi connectivity index (χ1v) is 7.18. The van der Waals surface area contributed by atoms with Crippen LogP contribution in [0.15, 0.2) is 36.9 Å². The van der Waals surface area contributed by atoms with Gasteiger partial charge in [0.25, 0.3) is 0 Å². The summed E-state index contributed by atoms with van der Waals surface area (Å²) in [6.07, 6.45) is 4.96. The maximum Gasteiger partial charge on any atom is 0.330 e. The van der Waals surface area contributed by atoms with E-state index in [2.05, 4.69) is 6.58 Å². The molecule has 0 aliphatic rings. The smallest absolute Gasteiger partial charge is 0.330 e. The fourth-order valence-electron chi connectivity index (χ4n) is 1.75. The quantitative estimate of drug-likeness (QED) is 0.302. The number of aryl methyl sites for hydroxylation is 1. The molecule has 1 aromatic carbocycles. The Hall–Kier alpha value is -2.10. The highest BCUT2D eigenvalue weighted by Crippen LogP contribution is 2.13. The number of ether oxygens (including phenoxy) is 2. The molecule has 0 spiro atoms. The first kappa shape index (κ1) is 17.0. The van der Waals surface area contributed by atoms with Crippen molar-refractivity contribution in [2.75, 3.05) is 6.61 Å². The lowest BCUT2D eigenvalue weighted by Crippen LogP contribution is -2.07. The van der Waals surface area contributed by atoms with Gasteiger partial charge in [-0.25, -0.2) is 4.79 Å². The molecule has 4 nitrogen and oxygen atoms in total. The first-order valence-electron chi connectivity index (χ1n) is 7.18. The highest BCUT2D eigenvalue weighted by Gasteiger charge is 2.04. The summed E-state index contributed by atoms with van der Waals surface area (Å²) in [7, 11) is 0. The molecule has 0 fully saturated rings. The van der Waals surface area contributed by atoms with Crippen LogP contribution in [0.2, 0.25) is 0 Å². The van der Waals surface area contributed by atoms with Crippen molar-refractivity contribution in [3.8, 4) is 5.75 Å². The maximum absolute atomic E-state index is 11.6. The van der Waals surface area contributed by atoms with Crippen molar-refractivity contribution in [3.63, 3.8) is 0 Å². The molecule has 0 atom stereocenters. The van der Waals surface area contributed by atoms with Crippen molar-refractivity contribution < 1.29 is 19.1 Å². The predicted octanol–water partition coefficient (Wildman–Crippen LogP) is 3.58. The van der Waals surface area contributed by atoms with Gasteiger partial charge in [0.1, 0.15) is 5.75 Å². The number of carbonyl (C=O) groups is 2. The number of benzene rings is 1. The van der Waals surface area contributed by atoms with Gasteiger partial charge in [-0.2, -0.15) is 0 Å². The van der Waals surface area contributed by atoms with Crippen molar-refractivity contribution >= 4 is 11.9 Å². The van der Waals surface area contributed by atoms with Gasteiger partial charge < -0.3 is 9.47 Å². The van der Waals surface area contributed by atoms with E-state index in [0.29, 0.717) is 18.8 Å². The molecular weight excluding hydrogens is 268 g/mol. The second-order valence-corrected chi connectivity index (χ2v) is 4.82. The third kappa shape index (κ3) is 7.92. The van der Waals surface area contributed by atoms with Crippen LogP contribution in [-0.4, -0.2) is 18.5 Å². The van der Waals surface area contributed by atoms with E-state index < -0.39 is 5.97 Å². The summed E-state index contributed by atoms with van der Waals surface area (Å²) in [5.41, 5.74) is 1.13. The molecule has 0 saturated carbocycles. The van der Waals surface area contributed by atoms with Crippen LogP contribution in [0.25, 0.3) is 0 Å². The summed E-state index contributed by atoms with van der Waals surface area (Å²) < 4.78 is 10.1. The summed E-state index contributed by atoms with van der Waals surface area (Å²) >= 11 is 0. The molecule has 0 aliphatic heterocycles. The Morgan fingerprint density at radius 2 is 1.76 bits per heavy atom. The van der Waals surface area contributed by atoms with Gasteiger partial charge in [-0.15, -0.1) is 0 Å². The molecule has 0 radical (unpaired) electrons. The molecule has 0 N–H and O–H groups in total. The van der Waals surface area contributed by atoms with E-state index in [1.807, 2.05) is 19.1 Å². The van der Waals surface area contributed by atoms with Crippen molar-refractivity contribution in [2.24, 2.45) is 0 Å². The van der Waals surface area contributed by atoms with Gasteiger partial charge in [-0.3, -0.25) is 4.79 Å². The van der Waals surface area contributed by atoms with Crippen molar-refractivity contribution in [2.45, 2.75) is 39.0 Å². The summed E-state index contributed by atoms with van der Waals surface area (Å²) in [5, 5.41) is 0. The molecule has 1 rings (SSSR count). The summed E-state index contributed by atoms with van der Waals surface area (Å²) in [4.78, 5) is 22.4. The van der Waals surface area contributed by atoms with Crippen molar-refractivity contribution in [1.82, 2.24) is 0 Å². The molecular formula is C17H22O4. The fourth-order valence-corrected chi connectivity index (χ4v) is 1.75. The van der Waals surface area contributed by atoms with E-state index in [1.54, 1.807) is 12.1 Å². The molecule has 0 aromatic heterocycles. The van der Waals surface area contributed by atoms with E-state index in [0.717, 1.165) is 37.3 Å². The molecule has 0 aliphatic carbocycles. The average Bonchev–Trinajstić information content (AvgIpc) is 2.48. The van der Waals surface area contributed by atoms with E-state index in [4.69, 9.17) is 9.47 Å². The van der Waals surface area contributed by atoms with Crippen LogP contribution < -0.4 is 4.74 Å². The number of esters is 2. The van der Waals surface area contributed by atoms with Crippen LogP contribution in [0, 0.1) is 6.92 Å². The van der Waals surface area contributed by atoms with E-state index in [1.165, 1.54) is 0 Å². The second-order valence-electron chi connectivity index (χ2n) is 4.82. The van der Waals surface area contributed by atoms with E-state index in [9.17, 15) is 9.59 Å². The Labute approximate surface area is 125 Å². The number of carbonyl (C=O) groups excluding carboxylic acids is 2. The number of unbranched alkanes of at least 4 members (excludes halogenated alkanes) is 3. The highest BCUT2D eigenvalue weighted by molar-refractivity contribution is 5.81. The van der Waals surface area contributed by atoms with Gasteiger partial charge in [-0.05, 0) is 31.9 Å². The lowest BCUT2D eigenvalue weighted by atomic mass is 10.1. The van der Waals surface area contributed by atoms with Crippen LogP contribution in [-0.2, 0) is 14.3 Å². The number of hydrogen-bond donors (Lipinski definition) is 0. The third-order valence-corrected chi connectivity index (χ3v) is 2.94. The van der Waals surface area contributed by atoms with Gasteiger partial charge in [0.15, 0.2) is 0 Å². The molecule has 21 heavy (non-hydrogen) atoms.